The summed E-state index contributed by atoms with van der Waals surface area (Å²) in [6.07, 6.45) is 4.93. The van der Waals surface area contributed by atoms with Gasteiger partial charge in [-0.05, 0) is 43.7 Å². The van der Waals surface area contributed by atoms with Crippen molar-refractivity contribution in [1.29, 1.82) is 0 Å². The molecule has 1 aromatic rings. The molecule has 1 fully saturated rings. The Hall–Kier alpha value is -1.75. The van der Waals surface area contributed by atoms with Crippen molar-refractivity contribution in [3.05, 3.63) is 30.3 Å². The molecule has 2 rings (SSSR count). The van der Waals surface area contributed by atoms with E-state index in [2.05, 4.69) is 17.6 Å². The number of nitrogens with one attached hydrogen (secondary N) is 2. The smallest absolute Gasteiger partial charge is 0.191 e. The molecule has 1 saturated carbocycles. The van der Waals surface area contributed by atoms with Crippen molar-refractivity contribution in [3.63, 3.8) is 0 Å². The summed E-state index contributed by atoms with van der Waals surface area (Å²) in [5.74, 6) is 1.77. The second-order valence-corrected chi connectivity index (χ2v) is 6.38. The van der Waals surface area contributed by atoms with E-state index in [1.54, 1.807) is 7.11 Å². The Balaban J connectivity index is 1.75. The summed E-state index contributed by atoms with van der Waals surface area (Å²) in [6.45, 7) is 5.98. The fourth-order valence-corrected chi connectivity index (χ4v) is 2.93. The molecule has 0 radical (unpaired) electrons. The molecule has 1 aliphatic carbocycles. The summed E-state index contributed by atoms with van der Waals surface area (Å²) in [7, 11) is 1.77. The Bertz CT molecular complexity index is 487. The van der Waals surface area contributed by atoms with Crippen molar-refractivity contribution in [2.24, 2.45) is 10.4 Å². The van der Waals surface area contributed by atoms with Gasteiger partial charge in [0.05, 0.1) is 6.54 Å². The largest absolute Gasteiger partial charge is 0.492 e. The minimum Gasteiger partial charge on any atom is -0.492 e. The highest BCUT2D eigenvalue weighted by Gasteiger charge is 2.36. The molecular weight excluding hydrogens is 302 g/mol. The van der Waals surface area contributed by atoms with Gasteiger partial charge in [0.1, 0.15) is 12.4 Å². The molecule has 0 saturated heterocycles. The Labute approximate surface area is 145 Å². The molecule has 2 N–H and O–H groups in total. The Morgan fingerprint density at radius 2 is 1.96 bits per heavy atom. The zero-order valence-electron chi connectivity index (χ0n) is 15.0. The van der Waals surface area contributed by atoms with E-state index >= 15 is 0 Å². The van der Waals surface area contributed by atoms with Crippen molar-refractivity contribution in [3.8, 4) is 5.75 Å². The van der Waals surface area contributed by atoms with Crippen LogP contribution in [0.3, 0.4) is 0 Å². The molecule has 0 heterocycles. The maximum atomic E-state index is 5.70. The van der Waals surface area contributed by atoms with Crippen LogP contribution in [-0.4, -0.2) is 45.9 Å². The van der Waals surface area contributed by atoms with Gasteiger partial charge in [-0.1, -0.05) is 24.6 Å². The van der Waals surface area contributed by atoms with Gasteiger partial charge in [0, 0.05) is 26.8 Å². The molecule has 0 spiro atoms. The molecule has 0 aromatic heterocycles. The van der Waals surface area contributed by atoms with Crippen molar-refractivity contribution in [2.45, 2.75) is 32.6 Å². The second-order valence-electron chi connectivity index (χ2n) is 6.38. The van der Waals surface area contributed by atoms with Gasteiger partial charge in [0.25, 0.3) is 0 Å². The molecule has 1 aliphatic rings. The summed E-state index contributed by atoms with van der Waals surface area (Å²) in [4.78, 5) is 4.79. The minimum atomic E-state index is 0.346. The van der Waals surface area contributed by atoms with Gasteiger partial charge in [-0.25, -0.2) is 0 Å². The van der Waals surface area contributed by atoms with Crippen LogP contribution in [0.1, 0.15) is 32.6 Å². The van der Waals surface area contributed by atoms with Crippen molar-refractivity contribution >= 4 is 5.96 Å². The first-order valence-electron chi connectivity index (χ1n) is 8.97. The van der Waals surface area contributed by atoms with Crippen molar-refractivity contribution < 1.29 is 9.47 Å². The van der Waals surface area contributed by atoms with E-state index in [0.29, 0.717) is 12.0 Å². The monoisotopic (exact) mass is 333 g/mol. The first-order valence-corrected chi connectivity index (χ1v) is 8.97. The molecule has 1 aromatic carbocycles. The summed E-state index contributed by atoms with van der Waals surface area (Å²) in [6, 6.07) is 9.88. The van der Waals surface area contributed by atoms with E-state index < -0.39 is 0 Å². The maximum absolute atomic E-state index is 5.70. The first kappa shape index (κ1) is 18.6. The van der Waals surface area contributed by atoms with Crippen LogP contribution in [0.4, 0.5) is 0 Å². The lowest BCUT2D eigenvalue weighted by Gasteiger charge is -2.40. The lowest BCUT2D eigenvalue weighted by Crippen LogP contribution is -2.41. The summed E-state index contributed by atoms with van der Waals surface area (Å²) >= 11 is 0. The first-order chi connectivity index (χ1) is 11.8. The Morgan fingerprint density at radius 3 is 2.58 bits per heavy atom. The summed E-state index contributed by atoms with van der Waals surface area (Å²) < 4.78 is 11.0. The van der Waals surface area contributed by atoms with Crippen LogP contribution in [-0.2, 0) is 4.74 Å². The topological polar surface area (TPSA) is 54.9 Å². The predicted molar refractivity (Wildman–Crippen MR) is 98.7 cm³/mol. The number of benzene rings is 1. The molecule has 134 valence electrons. The molecule has 0 aliphatic heterocycles. The molecule has 5 nitrogen and oxygen atoms in total. The highest BCUT2D eigenvalue weighted by Crippen LogP contribution is 2.44. The van der Waals surface area contributed by atoms with Crippen molar-refractivity contribution in [1.82, 2.24) is 10.6 Å². The van der Waals surface area contributed by atoms with E-state index in [0.717, 1.165) is 44.4 Å². The van der Waals surface area contributed by atoms with Crippen LogP contribution >= 0.6 is 0 Å². The molecule has 0 atom stereocenters. The van der Waals surface area contributed by atoms with E-state index in [4.69, 9.17) is 14.5 Å². The van der Waals surface area contributed by atoms with Crippen LogP contribution in [0, 0.1) is 5.41 Å². The van der Waals surface area contributed by atoms with Gasteiger partial charge < -0.3 is 20.1 Å². The van der Waals surface area contributed by atoms with Gasteiger partial charge >= 0.3 is 0 Å². The molecule has 0 bridgehead atoms. The predicted octanol–water partition coefficient (Wildman–Crippen LogP) is 2.83. The quantitative estimate of drug-likeness (QED) is 0.393. The van der Waals surface area contributed by atoms with Crippen LogP contribution < -0.4 is 15.4 Å². The van der Waals surface area contributed by atoms with Crippen LogP contribution in [0.15, 0.2) is 35.3 Å². The highest BCUT2D eigenvalue weighted by molar-refractivity contribution is 5.79. The SMILES string of the molecule is CCNC(=NCC1(CCOC)CCC1)NCCOc1ccccc1. The lowest BCUT2D eigenvalue weighted by molar-refractivity contribution is 0.0778. The van der Waals surface area contributed by atoms with Gasteiger partial charge in [-0.3, -0.25) is 4.99 Å². The summed E-state index contributed by atoms with van der Waals surface area (Å²) in [5, 5.41) is 6.66. The number of methoxy groups -OCH3 is 1. The molecular formula is C19H31N3O2. The Morgan fingerprint density at radius 1 is 1.17 bits per heavy atom. The Kier molecular flexibility index (Phi) is 7.89. The van der Waals surface area contributed by atoms with E-state index in [9.17, 15) is 0 Å². The van der Waals surface area contributed by atoms with Gasteiger partial charge in [-0.2, -0.15) is 0 Å². The van der Waals surface area contributed by atoms with E-state index in [1.807, 2.05) is 30.3 Å². The summed E-state index contributed by atoms with van der Waals surface area (Å²) in [5.41, 5.74) is 0.346. The molecule has 0 amide bonds. The maximum Gasteiger partial charge on any atom is 0.191 e. The van der Waals surface area contributed by atoms with E-state index in [-0.39, 0.29) is 0 Å². The zero-order chi connectivity index (χ0) is 17.1. The third kappa shape index (κ3) is 6.04. The number of nitrogens with zero attached hydrogens (tertiary/aromatic N) is 1. The number of hydrogen-bond donors (Lipinski definition) is 2. The third-order valence-electron chi connectivity index (χ3n) is 4.57. The fraction of sp³-hybridized carbons (Fsp3) is 0.632. The average molecular weight is 333 g/mol. The third-order valence-corrected chi connectivity index (χ3v) is 4.57. The van der Waals surface area contributed by atoms with Gasteiger partial charge in [0.2, 0.25) is 0 Å². The normalized spacial score (nSPS) is 16.3. The number of hydrogen-bond acceptors (Lipinski definition) is 3. The zero-order valence-corrected chi connectivity index (χ0v) is 15.0. The highest BCUT2D eigenvalue weighted by atomic mass is 16.5. The molecule has 5 heteroatoms. The van der Waals surface area contributed by atoms with Crippen LogP contribution in [0.2, 0.25) is 0 Å². The molecule has 24 heavy (non-hydrogen) atoms. The van der Waals surface area contributed by atoms with Crippen LogP contribution in [0.25, 0.3) is 0 Å². The minimum absolute atomic E-state index is 0.346. The number of ether oxygens (including phenoxy) is 2. The fourth-order valence-electron chi connectivity index (χ4n) is 2.93. The number of aliphatic imine (C=N–C) groups is 1. The van der Waals surface area contributed by atoms with Gasteiger partial charge in [-0.15, -0.1) is 0 Å². The van der Waals surface area contributed by atoms with Crippen molar-refractivity contribution in [2.75, 3.05) is 40.0 Å². The van der Waals surface area contributed by atoms with Gasteiger partial charge in [0.15, 0.2) is 5.96 Å². The average Bonchev–Trinajstić information content (AvgIpc) is 2.58. The number of guanidine groups is 1. The number of para-hydroxylation sites is 1. The van der Waals surface area contributed by atoms with Crippen LogP contribution in [0.5, 0.6) is 5.75 Å². The number of rotatable bonds is 10. The molecule has 0 unspecified atom stereocenters. The lowest BCUT2D eigenvalue weighted by atomic mass is 9.67. The second kappa shape index (κ2) is 10.2. The van der Waals surface area contributed by atoms with E-state index in [1.165, 1.54) is 19.3 Å². The standard InChI is InChI=1S/C19H31N3O2/c1-3-20-18(21-13-15-24-17-8-5-4-6-9-17)22-16-19(10-7-11-19)12-14-23-2/h4-6,8-9H,3,7,10-16H2,1-2H3,(H2,20,21,22).